The van der Waals surface area contributed by atoms with Crippen molar-refractivity contribution in [2.24, 2.45) is 0 Å². The molecule has 0 fully saturated rings. The highest BCUT2D eigenvalue weighted by molar-refractivity contribution is 6.29. The van der Waals surface area contributed by atoms with Crippen LogP contribution in [0.5, 0.6) is 0 Å². The Hall–Kier alpha value is -2.06. The zero-order chi connectivity index (χ0) is 19.2. The average Bonchev–Trinajstić information content (AvgIpc) is 2.89. The minimum absolute atomic E-state index is 0.120. The summed E-state index contributed by atoms with van der Waals surface area (Å²) in [5.41, 5.74) is 2.83. The van der Waals surface area contributed by atoms with Gasteiger partial charge in [0.1, 0.15) is 6.61 Å². The molecule has 2 rings (SSSR count). The number of aromatic nitrogens is 1. The lowest BCUT2D eigenvalue weighted by atomic mass is 10.1. The molecule has 1 heterocycles. The number of hydrogen-bond acceptors (Lipinski definition) is 4. The lowest BCUT2D eigenvalue weighted by Crippen LogP contribution is -2.23. The maximum Gasteiger partial charge on any atom is 0.411 e. The van der Waals surface area contributed by atoms with Gasteiger partial charge in [-0.05, 0) is 36.1 Å². The lowest BCUT2D eigenvalue weighted by molar-refractivity contribution is -0.176. The Morgan fingerprint density at radius 1 is 1.27 bits per heavy atom. The van der Waals surface area contributed by atoms with Crippen molar-refractivity contribution in [3.05, 3.63) is 51.9 Å². The maximum atomic E-state index is 12.0. The van der Waals surface area contributed by atoms with Gasteiger partial charge in [-0.15, -0.1) is 0 Å². The highest BCUT2D eigenvalue weighted by atomic mass is 35.5. The maximum absolute atomic E-state index is 12.0. The van der Waals surface area contributed by atoms with Gasteiger partial charge >= 0.3 is 6.18 Å². The molecule has 0 bridgehead atoms. The molecule has 0 radical (unpaired) electrons. The molecule has 0 spiro atoms. The number of alkyl halides is 3. The largest absolute Gasteiger partial charge is 0.411 e. The number of amides is 1. The van der Waals surface area contributed by atoms with Crippen molar-refractivity contribution in [3.8, 4) is 0 Å². The van der Waals surface area contributed by atoms with Crippen molar-refractivity contribution in [3.63, 3.8) is 0 Å². The summed E-state index contributed by atoms with van der Waals surface area (Å²) in [6.45, 7) is 0.674. The molecule has 1 amide bonds. The van der Waals surface area contributed by atoms with E-state index in [0.717, 1.165) is 5.56 Å². The van der Waals surface area contributed by atoms with E-state index in [2.05, 4.69) is 15.2 Å². The Labute approximate surface area is 153 Å². The first-order valence-corrected chi connectivity index (χ1v) is 8.22. The van der Waals surface area contributed by atoms with Gasteiger partial charge in [0.25, 0.3) is 0 Å². The Bertz CT molecular complexity index is 710. The lowest BCUT2D eigenvalue weighted by Gasteiger charge is -2.09. The number of aryl methyl sites for hydroxylation is 1. The monoisotopic (exact) mass is 390 g/mol. The van der Waals surface area contributed by atoms with Crippen molar-refractivity contribution in [1.82, 2.24) is 10.5 Å². The van der Waals surface area contributed by atoms with Crippen LogP contribution in [0.15, 0.2) is 28.8 Å². The van der Waals surface area contributed by atoms with Crippen molar-refractivity contribution in [2.75, 3.05) is 6.61 Å². The van der Waals surface area contributed by atoms with Crippen LogP contribution in [0.1, 0.15) is 28.8 Å². The highest BCUT2D eigenvalue weighted by Crippen LogP contribution is 2.20. The van der Waals surface area contributed by atoms with E-state index < -0.39 is 12.8 Å². The molecule has 0 unspecified atom stereocenters. The normalized spacial score (nSPS) is 11.6. The molecule has 0 saturated carbocycles. The summed E-state index contributed by atoms with van der Waals surface area (Å²) in [7, 11) is 0. The van der Waals surface area contributed by atoms with E-state index in [9.17, 15) is 18.0 Å². The molecule has 1 N–H and O–H groups in total. The summed E-state index contributed by atoms with van der Waals surface area (Å²) < 4.78 is 45.5. The van der Waals surface area contributed by atoms with Crippen LogP contribution >= 0.6 is 11.6 Å². The fourth-order valence-electron chi connectivity index (χ4n) is 2.21. The fourth-order valence-corrected chi connectivity index (χ4v) is 2.47. The molecule has 5 nitrogen and oxygen atoms in total. The summed E-state index contributed by atoms with van der Waals surface area (Å²) in [5, 5.41) is 6.68. The third kappa shape index (κ3) is 6.68. The Morgan fingerprint density at radius 3 is 2.50 bits per heavy atom. The van der Waals surface area contributed by atoms with E-state index in [1.807, 2.05) is 0 Å². The van der Waals surface area contributed by atoms with Crippen LogP contribution in [-0.4, -0.2) is 23.8 Å². The molecule has 0 aliphatic rings. The van der Waals surface area contributed by atoms with Gasteiger partial charge in [0.15, 0.2) is 0 Å². The SMILES string of the molecule is Cc1noc(Cl)c1CCC(=O)NCc1ccc(COCC(F)(F)F)cc1. The average molecular weight is 391 g/mol. The molecule has 0 aliphatic carbocycles. The topological polar surface area (TPSA) is 64.4 Å². The van der Waals surface area contributed by atoms with Gasteiger partial charge in [-0.1, -0.05) is 29.4 Å². The van der Waals surface area contributed by atoms with Crippen molar-refractivity contribution in [1.29, 1.82) is 0 Å². The second kappa shape index (κ2) is 9.05. The van der Waals surface area contributed by atoms with E-state index >= 15 is 0 Å². The van der Waals surface area contributed by atoms with Crippen LogP contribution in [0, 0.1) is 6.92 Å². The van der Waals surface area contributed by atoms with Gasteiger partial charge in [0.2, 0.25) is 11.1 Å². The summed E-state index contributed by atoms with van der Waals surface area (Å²) in [6, 6.07) is 6.79. The minimum Gasteiger partial charge on any atom is -0.367 e. The summed E-state index contributed by atoms with van der Waals surface area (Å²) in [5.74, 6) is -0.153. The quantitative estimate of drug-likeness (QED) is 0.741. The van der Waals surface area contributed by atoms with Gasteiger partial charge in [-0.2, -0.15) is 13.2 Å². The third-order valence-electron chi connectivity index (χ3n) is 3.59. The van der Waals surface area contributed by atoms with Crippen molar-refractivity contribution >= 4 is 17.5 Å². The summed E-state index contributed by atoms with van der Waals surface area (Å²) in [4.78, 5) is 11.9. The molecule has 0 atom stereocenters. The van der Waals surface area contributed by atoms with Gasteiger partial charge in [0.05, 0.1) is 12.3 Å². The smallest absolute Gasteiger partial charge is 0.367 e. The minimum atomic E-state index is -4.33. The number of nitrogens with one attached hydrogen (secondary N) is 1. The number of rotatable bonds is 8. The molecule has 2 aromatic rings. The standard InChI is InChI=1S/C17H18ClF3N2O3/c1-11-14(16(18)26-23-11)6-7-15(24)22-8-12-2-4-13(5-3-12)9-25-10-17(19,20)21/h2-5H,6-10H2,1H3,(H,22,24). The molecule has 1 aromatic carbocycles. The van der Waals surface area contributed by atoms with Crippen LogP contribution in [0.2, 0.25) is 5.22 Å². The summed E-state index contributed by atoms with van der Waals surface area (Å²) in [6.07, 6.45) is -3.67. The van der Waals surface area contributed by atoms with Gasteiger partial charge in [-0.25, -0.2) is 0 Å². The van der Waals surface area contributed by atoms with E-state index in [1.165, 1.54) is 0 Å². The number of carbonyl (C=O) groups excluding carboxylic acids is 1. The zero-order valence-electron chi connectivity index (χ0n) is 14.0. The van der Waals surface area contributed by atoms with Crippen molar-refractivity contribution in [2.45, 2.75) is 39.1 Å². The Morgan fingerprint density at radius 2 is 1.92 bits per heavy atom. The molecule has 26 heavy (non-hydrogen) atoms. The first kappa shape index (κ1) is 20.3. The number of carbonyl (C=O) groups is 1. The number of halogens is 4. The van der Waals surface area contributed by atoms with Crippen molar-refractivity contribution < 1.29 is 27.2 Å². The molecule has 0 saturated heterocycles. The number of hydrogen-bond donors (Lipinski definition) is 1. The second-order valence-electron chi connectivity index (χ2n) is 5.72. The zero-order valence-corrected chi connectivity index (χ0v) is 14.8. The van der Waals surface area contributed by atoms with E-state index in [0.29, 0.717) is 29.8 Å². The number of ether oxygens (including phenoxy) is 1. The van der Waals surface area contributed by atoms with E-state index in [1.54, 1.807) is 31.2 Å². The van der Waals surface area contributed by atoms with Gasteiger partial charge in [0, 0.05) is 18.5 Å². The first-order valence-electron chi connectivity index (χ1n) is 7.84. The first-order chi connectivity index (χ1) is 12.2. The van der Waals surface area contributed by atoms with Crippen LogP contribution in [-0.2, 0) is 29.1 Å². The predicted molar refractivity (Wildman–Crippen MR) is 88.6 cm³/mol. The second-order valence-corrected chi connectivity index (χ2v) is 6.06. The predicted octanol–water partition coefficient (Wildman–Crippen LogP) is 3.96. The number of benzene rings is 1. The molecule has 0 aliphatic heterocycles. The molecule has 1 aromatic heterocycles. The third-order valence-corrected chi connectivity index (χ3v) is 3.88. The van der Waals surface area contributed by atoms with Crippen LogP contribution in [0.3, 0.4) is 0 Å². The van der Waals surface area contributed by atoms with Crippen LogP contribution < -0.4 is 5.32 Å². The molecular formula is C17H18ClF3N2O3. The van der Waals surface area contributed by atoms with E-state index in [4.69, 9.17) is 16.1 Å². The van der Waals surface area contributed by atoms with Gasteiger partial charge < -0.3 is 14.6 Å². The van der Waals surface area contributed by atoms with Gasteiger partial charge in [-0.3, -0.25) is 4.79 Å². The summed E-state index contributed by atoms with van der Waals surface area (Å²) >= 11 is 5.84. The Kier molecular flexibility index (Phi) is 7.05. The fraction of sp³-hybridized carbons (Fsp3) is 0.412. The van der Waals surface area contributed by atoms with Crippen LogP contribution in [0.25, 0.3) is 0 Å². The Balaban J connectivity index is 1.72. The highest BCUT2D eigenvalue weighted by Gasteiger charge is 2.27. The molecular weight excluding hydrogens is 373 g/mol. The number of nitrogens with zero attached hydrogens (tertiary/aromatic N) is 1. The molecule has 9 heteroatoms. The van der Waals surface area contributed by atoms with E-state index in [-0.39, 0.29) is 24.2 Å². The molecule has 142 valence electrons. The van der Waals surface area contributed by atoms with Crippen LogP contribution in [0.4, 0.5) is 13.2 Å².